The van der Waals surface area contributed by atoms with E-state index in [1.165, 1.54) is 31.2 Å². The highest BCUT2D eigenvalue weighted by Crippen LogP contribution is 2.24. The van der Waals surface area contributed by atoms with Gasteiger partial charge in [-0.1, -0.05) is 12.1 Å². The maximum absolute atomic E-state index is 13.7. The fraction of sp³-hybridized carbons (Fsp3) is 0.188. The minimum absolute atomic E-state index is 0.0391. The lowest BCUT2D eigenvalue weighted by Gasteiger charge is -2.10. The van der Waals surface area contributed by atoms with Gasteiger partial charge in [0.25, 0.3) is 0 Å². The molecule has 2 rings (SSSR count). The number of ketones is 1. The number of hydrogen-bond acceptors (Lipinski definition) is 3. The minimum atomic E-state index is -4.75. The molecule has 2 aromatic carbocycles. The predicted octanol–water partition coefficient (Wildman–Crippen LogP) is 4.51. The highest BCUT2D eigenvalue weighted by molar-refractivity contribution is 5.94. The van der Waals surface area contributed by atoms with Crippen molar-refractivity contribution in [3.63, 3.8) is 0 Å². The van der Waals surface area contributed by atoms with Crippen molar-refractivity contribution >= 4 is 5.78 Å². The average Bonchev–Trinajstić information content (AvgIpc) is 2.45. The number of carbonyl (C=O) groups excluding carboxylic acids is 1. The highest BCUT2D eigenvalue weighted by atomic mass is 19.4. The molecular formula is C16H12F4O3. The standard InChI is InChI=1S/C16H12F4O3/c1-10(21)12-4-7-15(14(17)8-12)22-9-11-2-5-13(6-3-11)23-16(18,19)20/h2-8H,9H2,1H3. The molecule has 3 nitrogen and oxygen atoms in total. The van der Waals surface area contributed by atoms with Crippen LogP contribution in [0, 0.1) is 5.82 Å². The Morgan fingerprint density at radius 1 is 1.09 bits per heavy atom. The van der Waals surface area contributed by atoms with Crippen LogP contribution in [0.1, 0.15) is 22.8 Å². The minimum Gasteiger partial charge on any atom is -0.486 e. The Morgan fingerprint density at radius 2 is 1.74 bits per heavy atom. The summed E-state index contributed by atoms with van der Waals surface area (Å²) in [7, 11) is 0. The Morgan fingerprint density at radius 3 is 2.26 bits per heavy atom. The molecule has 0 amide bonds. The van der Waals surface area contributed by atoms with Crippen LogP contribution in [0.2, 0.25) is 0 Å². The third-order valence-electron chi connectivity index (χ3n) is 2.89. The van der Waals surface area contributed by atoms with Crippen LogP contribution in [-0.2, 0) is 6.61 Å². The Labute approximate surface area is 129 Å². The number of benzene rings is 2. The molecule has 0 N–H and O–H groups in total. The van der Waals surface area contributed by atoms with Crippen molar-refractivity contribution in [2.45, 2.75) is 19.9 Å². The lowest BCUT2D eigenvalue weighted by molar-refractivity contribution is -0.274. The van der Waals surface area contributed by atoms with Crippen LogP contribution >= 0.6 is 0 Å². The summed E-state index contributed by atoms with van der Waals surface area (Å²) < 4.78 is 58.8. The first kappa shape index (κ1) is 16.8. The molecule has 0 aromatic heterocycles. The Hall–Kier alpha value is -2.57. The van der Waals surface area contributed by atoms with Crippen LogP contribution in [0.15, 0.2) is 42.5 Å². The zero-order valence-electron chi connectivity index (χ0n) is 12.0. The summed E-state index contributed by atoms with van der Waals surface area (Å²) in [6, 6.07) is 8.86. The summed E-state index contributed by atoms with van der Waals surface area (Å²) in [5.74, 6) is -1.35. The molecule has 0 spiro atoms. The van der Waals surface area contributed by atoms with Gasteiger partial charge in [0.15, 0.2) is 17.3 Å². The molecule has 0 unspecified atom stereocenters. The first-order valence-corrected chi connectivity index (χ1v) is 6.52. The van der Waals surface area contributed by atoms with Gasteiger partial charge in [0.2, 0.25) is 0 Å². The number of rotatable bonds is 5. The van der Waals surface area contributed by atoms with E-state index in [1.54, 1.807) is 0 Å². The monoisotopic (exact) mass is 328 g/mol. The number of halogens is 4. The van der Waals surface area contributed by atoms with Gasteiger partial charge in [-0.05, 0) is 42.8 Å². The topological polar surface area (TPSA) is 35.5 Å². The summed E-state index contributed by atoms with van der Waals surface area (Å²) in [6.07, 6.45) is -4.75. The van der Waals surface area contributed by atoms with Gasteiger partial charge in [0, 0.05) is 5.56 Å². The molecule has 0 aliphatic rings. The van der Waals surface area contributed by atoms with E-state index in [-0.39, 0.29) is 29.5 Å². The molecule has 23 heavy (non-hydrogen) atoms. The lowest BCUT2D eigenvalue weighted by Crippen LogP contribution is -2.17. The van der Waals surface area contributed by atoms with E-state index < -0.39 is 12.2 Å². The van der Waals surface area contributed by atoms with Gasteiger partial charge in [-0.15, -0.1) is 13.2 Å². The normalized spacial score (nSPS) is 11.2. The molecule has 0 fully saturated rings. The van der Waals surface area contributed by atoms with Crippen LogP contribution < -0.4 is 9.47 Å². The van der Waals surface area contributed by atoms with Crippen molar-refractivity contribution in [1.82, 2.24) is 0 Å². The second kappa shape index (κ2) is 6.68. The molecule has 0 heterocycles. The second-order valence-corrected chi connectivity index (χ2v) is 4.68. The summed E-state index contributed by atoms with van der Waals surface area (Å²) in [4.78, 5) is 11.1. The van der Waals surface area contributed by atoms with Crippen LogP contribution in [-0.4, -0.2) is 12.1 Å². The van der Waals surface area contributed by atoms with Crippen LogP contribution in [0.5, 0.6) is 11.5 Å². The average molecular weight is 328 g/mol. The van der Waals surface area contributed by atoms with E-state index in [4.69, 9.17) is 4.74 Å². The number of Topliss-reactive ketones (excluding diaryl/α,β-unsaturated/α-hetero) is 1. The van der Waals surface area contributed by atoms with E-state index in [2.05, 4.69) is 4.74 Å². The lowest BCUT2D eigenvalue weighted by atomic mass is 10.1. The molecule has 0 radical (unpaired) electrons. The molecule has 7 heteroatoms. The van der Waals surface area contributed by atoms with Crippen LogP contribution in [0.4, 0.5) is 17.6 Å². The van der Waals surface area contributed by atoms with E-state index in [0.29, 0.717) is 5.56 Å². The van der Waals surface area contributed by atoms with Gasteiger partial charge >= 0.3 is 6.36 Å². The van der Waals surface area contributed by atoms with Crippen molar-refractivity contribution < 1.29 is 31.8 Å². The number of carbonyl (C=O) groups is 1. The van der Waals surface area contributed by atoms with Crippen molar-refractivity contribution in [2.75, 3.05) is 0 Å². The molecule has 122 valence electrons. The molecule has 0 bridgehead atoms. The molecule has 0 saturated heterocycles. The van der Waals surface area contributed by atoms with Gasteiger partial charge in [-0.25, -0.2) is 4.39 Å². The van der Waals surface area contributed by atoms with E-state index >= 15 is 0 Å². The number of hydrogen-bond donors (Lipinski definition) is 0. The largest absolute Gasteiger partial charge is 0.573 e. The fourth-order valence-corrected chi connectivity index (χ4v) is 1.79. The van der Waals surface area contributed by atoms with E-state index in [9.17, 15) is 22.4 Å². The smallest absolute Gasteiger partial charge is 0.486 e. The zero-order valence-corrected chi connectivity index (χ0v) is 12.0. The van der Waals surface area contributed by atoms with Crippen molar-refractivity contribution in [3.8, 4) is 11.5 Å². The van der Waals surface area contributed by atoms with Crippen LogP contribution in [0.25, 0.3) is 0 Å². The van der Waals surface area contributed by atoms with Gasteiger partial charge in [0.05, 0.1) is 0 Å². The number of alkyl halides is 3. The van der Waals surface area contributed by atoms with E-state index in [0.717, 1.165) is 18.2 Å². The Kier molecular flexibility index (Phi) is 4.88. The van der Waals surface area contributed by atoms with Crippen molar-refractivity contribution in [1.29, 1.82) is 0 Å². The fourth-order valence-electron chi connectivity index (χ4n) is 1.79. The molecule has 0 atom stereocenters. The SMILES string of the molecule is CC(=O)c1ccc(OCc2ccc(OC(F)(F)F)cc2)c(F)c1. The summed E-state index contributed by atoms with van der Waals surface area (Å²) in [5.41, 5.74) is 0.762. The quantitative estimate of drug-likeness (QED) is 0.598. The first-order valence-electron chi connectivity index (χ1n) is 6.52. The molecule has 2 aromatic rings. The second-order valence-electron chi connectivity index (χ2n) is 4.68. The molecule has 0 aliphatic heterocycles. The maximum Gasteiger partial charge on any atom is 0.573 e. The molecule has 0 aliphatic carbocycles. The number of ether oxygens (including phenoxy) is 2. The van der Waals surface area contributed by atoms with Gasteiger partial charge < -0.3 is 9.47 Å². The first-order chi connectivity index (χ1) is 10.7. The molecule has 0 saturated carbocycles. The van der Waals surface area contributed by atoms with Gasteiger partial charge in [-0.3, -0.25) is 4.79 Å². The van der Waals surface area contributed by atoms with Gasteiger partial charge in [-0.2, -0.15) is 0 Å². The Bertz CT molecular complexity index is 693. The summed E-state index contributed by atoms with van der Waals surface area (Å²) >= 11 is 0. The highest BCUT2D eigenvalue weighted by Gasteiger charge is 2.30. The van der Waals surface area contributed by atoms with Crippen molar-refractivity contribution in [2.24, 2.45) is 0 Å². The summed E-state index contributed by atoms with van der Waals surface area (Å²) in [6.45, 7) is 1.28. The van der Waals surface area contributed by atoms with Gasteiger partial charge in [0.1, 0.15) is 12.4 Å². The summed E-state index contributed by atoms with van der Waals surface area (Å²) in [5, 5.41) is 0. The van der Waals surface area contributed by atoms with Crippen LogP contribution in [0.3, 0.4) is 0 Å². The zero-order chi connectivity index (χ0) is 17.0. The maximum atomic E-state index is 13.7. The third kappa shape index (κ3) is 4.98. The Balaban J connectivity index is 2.00. The third-order valence-corrected chi connectivity index (χ3v) is 2.89. The predicted molar refractivity (Wildman–Crippen MR) is 73.9 cm³/mol. The van der Waals surface area contributed by atoms with Crippen molar-refractivity contribution in [3.05, 3.63) is 59.4 Å². The molecular weight excluding hydrogens is 316 g/mol. The van der Waals surface area contributed by atoms with E-state index in [1.807, 2.05) is 0 Å².